The number of aliphatic imine (C=N–C) groups is 1. The van der Waals surface area contributed by atoms with Crippen molar-refractivity contribution in [3.63, 3.8) is 0 Å². The number of nitrogens with zero attached hydrogens (tertiary/aromatic N) is 1. The van der Waals surface area contributed by atoms with Crippen molar-refractivity contribution in [1.29, 1.82) is 0 Å². The zero-order chi connectivity index (χ0) is 31.3. The number of hydrogen-bond donors (Lipinski definition) is 0. The van der Waals surface area contributed by atoms with Crippen LogP contribution in [0.15, 0.2) is 175 Å². The summed E-state index contributed by atoms with van der Waals surface area (Å²) in [5, 5.41) is 0. The minimum absolute atomic E-state index is 0.402. The van der Waals surface area contributed by atoms with E-state index >= 15 is 0 Å². The molecule has 0 saturated carbocycles. The van der Waals surface area contributed by atoms with Crippen LogP contribution in [0.25, 0.3) is 39.6 Å². The Kier molecular flexibility index (Phi) is 6.62. The fourth-order valence-corrected chi connectivity index (χ4v) is 7.58. The van der Waals surface area contributed by atoms with Crippen molar-refractivity contribution in [2.75, 3.05) is 0 Å². The molecule has 0 atom stereocenters. The molecule has 6 aromatic carbocycles. The molecule has 0 unspecified atom stereocenters. The topological polar surface area (TPSA) is 12.4 Å². The maximum Gasteiger partial charge on any atom is 0.0787 e. The van der Waals surface area contributed by atoms with Gasteiger partial charge in [-0.15, -0.1) is 0 Å². The van der Waals surface area contributed by atoms with E-state index in [0.29, 0.717) is 0 Å². The van der Waals surface area contributed by atoms with Crippen LogP contribution in [0.2, 0.25) is 0 Å². The Bertz CT molecular complexity index is 2170. The van der Waals surface area contributed by atoms with Crippen LogP contribution in [0, 0.1) is 0 Å². The van der Waals surface area contributed by atoms with Gasteiger partial charge in [0.05, 0.1) is 16.8 Å². The smallest absolute Gasteiger partial charge is 0.0787 e. The lowest BCUT2D eigenvalue weighted by Crippen LogP contribution is -2.26. The molecular formula is C45H33N. The van der Waals surface area contributed by atoms with E-state index in [1.807, 2.05) is 24.3 Å². The van der Waals surface area contributed by atoms with Crippen LogP contribution in [0.3, 0.4) is 0 Å². The van der Waals surface area contributed by atoms with Gasteiger partial charge in [0, 0.05) is 11.1 Å². The normalized spacial score (nSPS) is 14.2. The van der Waals surface area contributed by atoms with Crippen LogP contribution in [0.4, 0.5) is 0 Å². The molecule has 0 amide bonds. The summed E-state index contributed by atoms with van der Waals surface area (Å²) in [5.74, 6) is 0. The van der Waals surface area contributed by atoms with E-state index in [1.54, 1.807) is 0 Å². The van der Waals surface area contributed by atoms with Gasteiger partial charge < -0.3 is 0 Å². The molecule has 0 aliphatic heterocycles. The Morgan fingerprint density at radius 2 is 1.02 bits per heavy atom. The van der Waals surface area contributed by atoms with Crippen molar-refractivity contribution >= 4 is 23.1 Å². The standard InChI is InChI=1S/C45H33N/c1-4-32-22-24-34(25-23-32)35-26-28-36(29-27-35)44(46-31(3)33-14-6-5-7-15-33)43-30(2)45(42-21-13-10-18-39(42)43)40-19-11-8-16-37(40)38-17-9-12-20-41(38)45/h4-29H,1,3H2,2H3. The molecule has 0 fully saturated rings. The molecule has 2 aliphatic carbocycles. The second kappa shape index (κ2) is 11.0. The Labute approximate surface area is 271 Å². The number of allylic oxidation sites excluding steroid dienone is 2. The molecule has 1 spiro atoms. The van der Waals surface area contributed by atoms with E-state index in [9.17, 15) is 0 Å². The summed E-state index contributed by atoms with van der Waals surface area (Å²) in [6.07, 6.45) is 1.87. The van der Waals surface area contributed by atoms with Gasteiger partial charge in [-0.25, -0.2) is 4.99 Å². The summed E-state index contributed by atoms with van der Waals surface area (Å²) in [4.78, 5) is 5.39. The van der Waals surface area contributed by atoms with Crippen LogP contribution < -0.4 is 0 Å². The highest BCUT2D eigenvalue weighted by Gasteiger charge is 2.51. The van der Waals surface area contributed by atoms with E-state index in [2.05, 4.69) is 154 Å². The molecule has 0 heterocycles. The zero-order valence-electron chi connectivity index (χ0n) is 25.9. The first-order valence-electron chi connectivity index (χ1n) is 15.8. The van der Waals surface area contributed by atoms with Gasteiger partial charge in [-0.3, -0.25) is 0 Å². The van der Waals surface area contributed by atoms with Gasteiger partial charge >= 0.3 is 0 Å². The van der Waals surface area contributed by atoms with Crippen molar-refractivity contribution in [2.45, 2.75) is 12.3 Å². The van der Waals surface area contributed by atoms with Crippen molar-refractivity contribution in [1.82, 2.24) is 0 Å². The molecule has 1 nitrogen and oxygen atoms in total. The fraction of sp³-hybridized carbons (Fsp3) is 0.0444. The summed E-state index contributed by atoms with van der Waals surface area (Å²) in [5.41, 5.74) is 17.0. The highest BCUT2D eigenvalue weighted by molar-refractivity contribution is 6.35. The summed E-state index contributed by atoms with van der Waals surface area (Å²) in [7, 11) is 0. The van der Waals surface area contributed by atoms with Gasteiger partial charge in [0.2, 0.25) is 0 Å². The number of rotatable bonds is 6. The van der Waals surface area contributed by atoms with Gasteiger partial charge in [-0.1, -0.05) is 171 Å². The minimum atomic E-state index is -0.402. The molecule has 1 heteroatoms. The highest BCUT2D eigenvalue weighted by Crippen LogP contribution is 2.61. The van der Waals surface area contributed by atoms with E-state index in [4.69, 9.17) is 4.99 Å². The first-order chi connectivity index (χ1) is 22.6. The largest absolute Gasteiger partial charge is 0.248 e. The van der Waals surface area contributed by atoms with Gasteiger partial charge in [-0.2, -0.15) is 0 Å². The predicted molar refractivity (Wildman–Crippen MR) is 195 cm³/mol. The first-order valence-corrected chi connectivity index (χ1v) is 15.8. The van der Waals surface area contributed by atoms with Crippen LogP contribution in [-0.2, 0) is 5.41 Å². The van der Waals surface area contributed by atoms with Crippen molar-refractivity contribution in [3.8, 4) is 22.3 Å². The fourth-order valence-electron chi connectivity index (χ4n) is 7.58. The lowest BCUT2D eigenvalue weighted by Gasteiger charge is -2.31. The molecular weight excluding hydrogens is 555 g/mol. The molecule has 2 aliphatic rings. The number of hydrogen-bond acceptors (Lipinski definition) is 1. The second-order valence-corrected chi connectivity index (χ2v) is 12.1. The van der Waals surface area contributed by atoms with Crippen LogP contribution in [0.5, 0.6) is 0 Å². The summed E-state index contributed by atoms with van der Waals surface area (Å²) < 4.78 is 0. The quantitative estimate of drug-likeness (QED) is 0.172. The van der Waals surface area contributed by atoms with Crippen molar-refractivity contribution in [2.24, 2.45) is 4.99 Å². The molecule has 0 saturated heterocycles. The third kappa shape index (κ3) is 4.13. The zero-order valence-corrected chi connectivity index (χ0v) is 25.9. The van der Waals surface area contributed by atoms with Gasteiger partial charge in [0.25, 0.3) is 0 Å². The van der Waals surface area contributed by atoms with Gasteiger partial charge in [-0.05, 0) is 68.1 Å². The molecule has 46 heavy (non-hydrogen) atoms. The summed E-state index contributed by atoms with van der Waals surface area (Å²) in [6.45, 7) is 10.7. The van der Waals surface area contributed by atoms with Crippen molar-refractivity contribution in [3.05, 3.63) is 209 Å². The molecule has 8 rings (SSSR count). The van der Waals surface area contributed by atoms with E-state index < -0.39 is 5.41 Å². The lowest BCUT2D eigenvalue weighted by molar-refractivity contribution is 0.767. The molecule has 6 aromatic rings. The lowest BCUT2D eigenvalue weighted by atomic mass is 9.70. The number of benzene rings is 6. The number of fused-ring (bicyclic) bond motifs is 7. The Hall–Kier alpha value is -5.79. The first kappa shape index (κ1) is 27.7. The van der Waals surface area contributed by atoms with E-state index in [1.165, 1.54) is 50.1 Å². The van der Waals surface area contributed by atoms with Crippen LogP contribution in [-0.4, -0.2) is 5.71 Å². The summed E-state index contributed by atoms with van der Waals surface area (Å²) in [6, 6.07) is 54.3. The Morgan fingerprint density at radius 1 is 0.543 bits per heavy atom. The SMILES string of the molecule is C=Cc1ccc(-c2ccc(C(=NC(=C)c3ccccc3)C3=C(C)C4(c5ccccc53)c3ccccc3-c3ccccc34)cc2)cc1. The Morgan fingerprint density at radius 3 is 1.59 bits per heavy atom. The van der Waals surface area contributed by atoms with Gasteiger partial charge in [0.1, 0.15) is 0 Å². The monoisotopic (exact) mass is 587 g/mol. The average Bonchev–Trinajstić information content (AvgIpc) is 3.57. The Balaban J connectivity index is 1.37. The van der Waals surface area contributed by atoms with E-state index in [-0.39, 0.29) is 0 Å². The third-order valence-electron chi connectivity index (χ3n) is 9.72. The summed E-state index contributed by atoms with van der Waals surface area (Å²) >= 11 is 0. The minimum Gasteiger partial charge on any atom is -0.248 e. The van der Waals surface area contributed by atoms with Gasteiger partial charge in [0.15, 0.2) is 0 Å². The average molecular weight is 588 g/mol. The second-order valence-electron chi connectivity index (χ2n) is 12.1. The van der Waals surface area contributed by atoms with Crippen LogP contribution >= 0.6 is 0 Å². The maximum absolute atomic E-state index is 5.39. The molecule has 0 N–H and O–H groups in total. The molecule has 0 bridgehead atoms. The third-order valence-corrected chi connectivity index (χ3v) is 9.72. The maximum atomic E-state index is 5.39. The van der Waals surface area contributed by atoms with Crippen LogP contribution in [0.1, 0.15) is 45.9 Å². The molecule has 218 valence electrons. The van der Waals surface area contributed by atoms with E-state index in [0.717, 1.165) is 33.7 Å². The molecule has 0 radical (unpaired) electrons. The van der Waals surface area contributed by atoms with Crippen molar-refractivity contribution < 1.29 is 0 Å². The highest BCUT2D eigenvalue weighted by atomic mass is 14.8. The predicted octanol–water partition coefficient (Wildman–Crippen LogP) is 11.3. The molecule has 0 aromatic heterocycles.